The van der Waals surface area contributed by atoms with E-state index in [4.69, 9.17) is 4.74 Å². The van der Waals surface area contributed by atoms with Gasteiger partial charge in [-0.2, -0.15) is 5.10 Å². The highest BCUT2D eigenvalue weighted by Crippen LogP contribution is 2.10. The van der Waals surface area contributed by atoms with E-state index in [1.807, 2.05) is 0 Å². The van der Waals surface area contributed by atoms with Crippen molar-refractivity contribution in [3.8, 4) is 5.69 Å². The van der Waals surface area contributed by atoms with Gasteiger partial charge >= 0.3 is 5.97 Å². The summed E-state index contributed by atoms with van der Waals surface area (Å²) in [5, 5.41) is 15.7. The van der Waals surface area contributed by atoms with Gasteiger partial charge in [-0.1, -0.05) is 0 Å². The molecule has 1 unspecified atom stereocenters. The predicted octanol–water partition coefficient (Wildman–Crippen LogP) is 0.487. The van der Waals surface area contributed by atoms with Crippen molar-refractivity contribution in [1.82, 2.24) is 20.1 Å². The molecule has 2 heterocycles. The zero-order valence-corrected chi connectivity index (χ0v) is 12.2. The summed E-state index contributed by atoms with van der Waals surface area (Å²) in [4.78, 5) is 27.5. The van der Waals surface area contributed by atoms with Crippen molar-refractivity contribution >= 4 is 11.9 Å². The molecule has 0 spiro atoms. The molecule has 22 heavy (non-hydrogen) atoms. The van der Waals surface area contributed by atoms with E-state index in [9.17, 15) is 14.7 Å². The van der Waals surface area contributed by atoms with E-state index in [-0.39, 0.29) is 12.3 Å². The number of carboxylic acids is 1. The molecule has 0 aromatic carbocycles. The van der Waals surface area contributed by atoms with Crippen LogP contribution in [0.15, 0.2) is 36.8 Å². The van der Waals surface area contributed by atoms with Crippen LogP contribution in [0.3, 0.4) is 0 Å². The molecule has 8 nitrogen and oxygen atoms in total. The minimum absolute atomic E-state index is 0.0941. The van der Waals surface area contributed by atoms with Gasteiger partial charge in [0.25, 0.3) is 5.91 Å². The van der Waals surface area contributed by atoms with Crippen molar-refractivity contribution in [3.63, 3.8) is 0 Å². The maximum Gasteiger partial charge on any atom is 0.331 e. The van der Waals surface area contributed by atoms with E-state index in [0.717, 1.165) is 0 Å². The van der Waals surface area contributed by atoms with Crippen molar-refractivity contribution in [2.75, 3.05) is 13.7 Å². The number of hydrogen-bond donors (Lipinski definition) is 2. The maximum atomic E-state index is 12.2. The quantitative estimate of drug-likeness (QED) is 0.804. The second-order valence-electron chi connectivity index (χ2n) is 4.87. The largest absolute Gasteiger partial charge is 0.479 e. The molecule has 0 bridgehead atoms. The molecule has 0 fully saturated rings. The lowest BCUT2D eigenvalue weighted by Crippen LogP contribution is -2.55. The first-order valence-electron chi connectivity index (χ1n) is 6.47. The van der Waals surface area contributed by atoms with Crippen LogP contribution in [0.1, 0.15) is 17.4 Å². The van der Waals surface area contributed by atoms with Crippen LogP contribution in [0.4, 0.5) is 0 Å². The number of amides is 1. The fraction of sp³-hybridized carbons (Fsp3) is 0.286. The lowest BCUT2D eigenvalue weighted by atomic mass is 10.0. The molecule has 0 aliphatic rings. The van der Waals surface area contributed by atoms with Crippen LogP contribution in [0, 0.1) is 0 Å². The Bertz CT molecular complexity index is 671. The second-order valence-corrected chi connectivity index (χ2v) is 4.87. The molecule has 2 rings (SSSR count). The monoisotopic (exact) mass is 304 g/mol. The molecule has 116 valence electrons. The number of nitrogens with one attached hydrogen (secondary N) is 1. The summed E-state index contributed by atoms with van der Waals surface area (Å²) in [6.07, 6.45) is 4.80. The predicted molar refractivity (Wildman–Crippen MR) is 76.7 cm³/mol. The Morgan fingerprint density at radius 3 is 2.82 bits per heavy atom. The number of carboxylic acid groups (broad SMARTS) is 1. The number of aromatic nitrogens is 3. The van der Waals surface area contributed by atoms with Gasteiger partial charge in [-0.25, -0.2) is 9.48 Å². The minimum atomic E-state index is -1.53. The summed E-state index contributed by atoms with van der Waals surface area (Å²) >= 11 is 0. The smallest absolute Gasteiger partial charge is 0.331 e. The zero-order chi connectivity index (χ0) is 16.2. The molecular formula is C14H16N4O4. The summed E-state index contributed by atoms with van der Waals surface area (Å²) in [6.45, 7) is 1.21. The fourth-order valence-corrected chi connectivity index (χ4v) is 1.86. The Morgan fingerprint density at radius 1 is 1.45 bits per heavy atom. The SMILES string of the molecule is COCC(C)(NC(=O)c1cc(-n2cccn2)ccn1)C(=O)O. The Kier molecular flexibility index (Phi) is 4.52. The summed E-state index contributed by atoms with van der Waals surface area (Å²) in [6, 6.07) is 4.97. The molecule has 0 radical (unpaired) electrons. The Hall–Kier alpha value is -2.74. The van der Waals surface area contributed by atoms with E-state index in [1.54, 1.807) is 29.2 Å². The first-order valence-corrected chi connectivity index (χ1v) is 6.47. The lowest BCUT2D eigenvalue weighted by Gasteiger charge is -2.25. The summed E-state index contributed by atoms with van der Waals surface area (Å²) in [7, 11) is 1.37. The minimum Gasteiger partial charge on any atom is -0.479 e. The van der Waals surface area contributed by atoms with Gasteiger partial charge in [0.05, 0.1) is 12.3 Å². The average molecular weight is 304 g/mol. The van der Waals surface area contributed by atoms with Crippen molar-refractivity contribution in [3.05, 3.63) is 42.5 Å². The van der Waals surface area contributed by atoms with E-state index >= 15 is 0 Å². The van der Waals surface area contributed by atoms with Crippen LogP contribution < -0.4 is 5.32 Å². The third-order valence-electron chi connectivity index (χ3n) is 3.04. The van der Waals surface area contributed by atoms with Crippen LogP contribution in [-0.4, -0.2) is 51.0 Å². The van der Waals surface area contributed by atoms with Gasteiger partial charge in [-0.05, 0) is 25.1 Å². The molecule has 1 amide bonds. The summed E-state index contributed by atoms with van der Waals surface area (Å²) in [5.74, 6) is -1.79. The number of rotatable bonds is 6. The number of carbonyl (C=O) groups is 2. The number of carbonyl (C=O) groups excluding carboxylic acids is 1. The number of pyridine rings is 1. The molecule has 2 N–H and O–H groups in total. The van der Waals surface area contributed by atoms with E-state index in [1.165, 1.54) is 26.3 Å². The molecule has 0 aliphatic heterocycles. The second kappa shape index (κ2) is 6.35. The van der Waals surface area contributed by atoms with E-state index in [0.29, 0.717) is 5.69 Å². The molecule has 2 aromatic rings. The molecule has 2 aromatic heterocycles. The number of ether oxygens (including phenoxy) is 1. The summed E-state index contributed by atoms with van der Waals surface area (Å²) in [5.41, 5.74) is -0.791. The van der Waals surface area contributed by atoms with E-state index in [2.05, 4.69) is 15.4 Å². The highest BCUT2D eigenvalue weighted by atomic mass is 16.5. The number of hydrogen-bond acceptors (Lipinski definition) is 5. The maximum absolute atomic E-state index is 12.2. The van der Waals surface area contributed by atoms with Crippen LogP contribution in [-0.2, 0) is 9.53 Å². The number of nitrogens with zero attached hydrogens (tertiary/aromatic N) is 3. The van der Waals surface area contributed by atoms with Crippen LogP contribution in [0.25, 0.3) is 5.69 Å². The highest BCUT2D eigenvalue weighted by Gasteiger charge is 2.35. The Balaban J connectivity index is 2.23. The molecule has 0 saturated heterocycles. The van der Waals surface area contributed by atoms with Gasteiger partial charge in [0.1, 0.15) is 5.69 Å². The molecule has 0 aliphatic carbocycles. The van der Waals surface area contributed by atoms with Crippen LogP contribution >= 0.6 is 0 Å². The topological polar surface area (TPSA) is 106 Å². The molecule has 0 saturated carbocycles. The van der Waals surface area contributed by atoms with Crippen LogP contribution in [0.2, 0.25) is 0 Å². The number of methoxy groups -OCH3 is 1. The zero-order valence-electron chi connectivity index (χ0n) is 12.2. The van der Waals surface area contributed by atoms with Gasteiger partial charge < -0.3 is 15.2 Å². The molecular weight excluding hydrogens is 288 g/mol. The van der Waals surface area contributed by atoms with Gasteiger partial charge in [-0.3, -0.25) is 9.78 Å². The van der Waals surface area contributed by atoms with Gasteiger partial charge in [-0.15, -0.1) is 0 Å². The third-order valence-corrected chi connectivity index (χ3v) is 3.04. The normalized spacial score (nSPS) is 13.4. The molecule has 1 atom stereocenters. The van der Waals surface area contributed by atoms with E-state index < -0.39 is 17.4 Å². The standard InChI is InChI=1S/C14H16N4O4/c1-14(9-22-2,13(20)21)17-12(19)11-8-10(4-6-15-11)18-7-3-5-16-18/h3-8H,9H2,1-2H3,(H,17,19)(H,20,21). The Morgan fingerprint density at radius 2 is 2.23 bits per heavy atom. The van der Waals surface area contributed by atoms with Gasteiger partial charge in [0.15, 0.2) is 5.54 Å². The lowest BCUT2D eigenvalue weighted by molar-refractivity contribution is -0.145. The van der Waals surface area contributed by atoms with Gasteiger partial charge in [0.2, 0.25) is 0 Å². The van der Waals surface area contributed by atoms with Gasteiger partial charge in [0, 0.05) is 25.7 Å². The van der Waals surface area contributed by atoms with Crippen molar-refractivity contribution in [1.29, 1.82) is 0 Å². The first-order chi connectivity index (χ1) is 10.5. The number of aliphatic carboxylic acids is 1. The molecule has 8 heteroatoms. The third kappa shape index (κ3) is 3.29. The van der Waals surface area contributed by atoms with Crippen LogP contribution in [0.5, 0.6) is 0 Å². The van der Waals surface area contributed by atoms with Crippen molar-refractivity contribution in [2.45, 2.75) is 12.5 Å². The highest BCUT2D eigenvalue weighted by molar-refractivity contribution is 5.96. The first kappa shape index (κ1) is 15.6. The fourth-order valence-electron chi connectivity index (χ4n) is 1.86. The Labute approximate surface area is 126 Å². The van der Waals surface area contributed by atoms with Crippen molar-refractivity contribution < 1.29 is 19.4 Å². The van der Waals surface area contributed by atoms with Crippen molar-refractivity contribution in [2.24, 2.45) is 0 Å². The average Bonchev–Trinajstić information content (AvgIpc) is 3.01. The summed E-state index contributed by atoms with van der Waals surface area (Å²) < 4.78 is 6.43.